The van der Waals surface area contributed by atoms with E-state index < -0.39 is 265 Å². The molecule has 0 spiro atoms. The number of hydrogen-bond donors (Lipinski definition) is 16. The molecule has 66 heteroatoms. The summed E-state index contributed by atoms with van der Waals surface area (Å²) in [4.78, 5) is 200. The van der Waals surface area contributed by atoms with Crippen LogP contribution in [-0.4, -0.2) is 287 Å². The molecule has 27 atom stereocenters. The molecule has 8 aliphatic heterocycles. The van der Waals surface area contributed by atoms with Crippen molar-refractivity contribution < 1.29 is 110 Å². The maximum atomic E-state index is 15.0. The summed E-state index contributed by atoms with van der Waals surface area (Å²) < 4.78 is 157. The zero-order valence-corrected chi connectivity index (χ0v) is 77.4. The average Bonchev–Trinajstić information content (AvgIpc) is 1.61. The SMILES string of the molecule is [2H][C@H]1[C@H](OP(=O)(O)OC[C@H]2O[C@@H](n3cc(I)c(=O)[nH]c3=O)C[C@@H]2OC[C@H]2O[C@@H](n3cnc4c(=O)[nH]c(N)nc43)C[C@@H]2OC[C@H]2O[C@@H](n3ccc(N)nc3=O)C[C@@H]2OC[C@H]2O[C@@H](n3cnc4c(=O)[nH]c(N)nc43)C[C@@H]2O)[C@@H](COP(=O)(O)O[C@H]2C[C@H](n3ccc(N)nc3=O)O[C@@H]2CO[C@H]2C[C@H](n3cnc4c(=O)[nH]c(N)nc43)O[C@@H]2CO[C@H]2C[C@H](n3ccc(N)nc3=O)O[C@@H]2CO)O[C@H]1n1cnc2c(=O)[nH]c(N)nc21. The van der Waals surface area contributed by atoms with Crippen molar-refractivity contribution in [3.05, 3.63) is 166 Å². The number of hydrogen-bond acceptors (Lipinski definition) is 48. The number of nitrogens with one attached hydrogen (secondary N) is 5. The quantitative estimate of drug-likeness (QED) is 0.0133. The highest BCUT2D eigenvalue weighted by atomic mass is 127. The third-order valence-electron chi connectivity index (χ3n) is 24.9. The van der Waals surface area contributed by atoms with Crippen molar-refractivity contribution >= 4 is 124 Å². The fourth-order valence-electron chi connectivity index (χ4n) is 18.2. The molecule has 8 aliphatic rings. The summed E-state index contributed by atoms with van der Waals surface area (Å²) in [6.07, 6.45) is -22.4. The van der Waals surface area contributed by atoms with Gasteiger partial charge in [-0.1, -0.05) is 0 Å². The number of fused-ring (bicyclic) bond motifs is 4. The van der Waals surface area contributed by atoms with Crippen LogP contribution in [0.25, 0.3) is 44.7 Å². The van der Waals surface area contributed by atoms with Crippen molar-refractivity contribution in [1.82, 2.24) is 116 Å². The number of halogens is 1. The number of H-pyrrole nitrogens is 5. The first kappa shape index (κ1) is 95.8. The molecule has 12 aromatic rings. The van der Waals surface area contributed by atoms with Crippen LogP contribution in [0.4, 0.5) is 41.2 Å². The third kappa shape index (κ3) is 20.0. The lowest BCUT2D eigenvalue weighted by Gasteiger charge is -2.26. The van der Waals surface area contributed by atoms with Crippen LogP contribution in [0.3, 0.4) is 0 Å². The van der Waals surface area contributed by atoms with Crippen molar-refractivity contribution in [2.75, 3.05) is 93.0 Å². The van der Waals surface area contributed by atoms with Crippen molar-refractivity contribution in [2.45, 2.75) is 199 Å². The topological polar surface area (TPSA) is 868 Å². The second-order valence-electron chi connectivity index (χ2n) is 34.0. The summed E-state index contributed by atoms with van der Waals surface area (Å²) in [6.45, 7) is -4.65. The van der Waals surface area contributed by atoms with Gasteiger partial charge in [0.05, 0.1) is 118 Å². The van der Waals surface area contributed by atoms with Crippen LogP contribution in [-0.2, 0) is 88.8 Å². The van der Waals surface area contributed by atoms with Crippen LogP contribution >= 0.6 is 38.2 Å². The molecule has 0 saturated carbocycles. The Bertz CT molecular complexity index is 7530. The van der Waals surface area contributed by atoms with E-state index in [1.165, 1.54) is 84.8 Å². The highest BCUT2D eigenvalue weighted by molar-refractivity contribution is 14.1. The Morgan fingerprint density at radius 3 is 1.04 bits per heavy atom. The zero-order valence-electron chi connectivity index (χ0n) is 74.4. The van der Waals surface area contributed by atoms with Crippen LogP contribution in [0.15, 0.2) is 111 Å². The summed E-state index contributed by atoms with van der Waals surface area (Å²) in [7, 11) is -11.3. The summed E-state index contributed by atoms with van der Waals surface area (Å²) in [5.41, 5.74) is 33.7. The minimum absolute atomic E-state index is 0.000913. The van der Waals surface area contributed by atoms with Crippen LogP contribution in [0.2, 0.25) is 0 Å². The molecule has 63 nitrogen and oxygen atoms in total. The fourth-order valence-corrected chi connectivity index (χ4v) is 20.5. The molecule has 0 bridgehead atoms. The van der Waals surface area contributed by atoms with E-state index in [0.717, 1.165) is 20.0 Å². The molecule has 2 unspecified atom stereocenters. The van der Waals surface area contributed by atoms with E-state index in [1.807, 2.05) is 0 Å². The monoisotopic (exact) mass is 2140 g/mol. The van der Waals surface area contributed by atoms with Crippen molar-refractivity contribution in [3.8, 4) is 0 Å². The van der Waals surface area contributed by atoms with Crippen molar-refractivity contribution in [3.63, 3.8) is 0 Å². The van der Waals surface area contributed by atoms with Gasteiger partial charge in [-0.2, -0.15) is 34.9 Å². The van der Waals surface area contributed by atoms with Crippen molar-refractivity contribution in [1.29, 1.82) is 0 Å². The standard InChI is InChI=1S/C76H90IN31O32P2/c77-28-15-104(76(119)100-64(28)111)52-10-34(127-20-41-32(11-53(135-41)106-25-86-57-61(106)93-70(82)97-66(57)113)126-19-39-31(9-50(133-39)102-5-2-46(79)90-74(102)117)124-17-38-29(110)7-48(132-38)105-24-85-56-60(105)92-69(81)96-65(56)112)43(137-52)22-129-141(120,121)140-36-14-55(108-27-88-59-63(108)95-72(84)99-68(59)115)138-44(36)23-130-142(122,123)139-35-13-51(103-6-3-47(80)91-75(103)118)136-42(35)21-128-33-12-54(107-26-87-58-62(107)94-71(83)98-67(58)114)134-40(33)18-125-30-8-49(131-37(30)16-109)101-4-1-45(78)89-73(101)116/h1-6,15,24-27,29-44,48-55,109-110H,7-14,16-23H2,(H,120,121)(H,122,123)(H2,78,89,116)(H2,79,90,117)(H2,80,91,118)(H,100,111,119)(H3,81,92,96,112)(H3,82,93,97,113)(H3,83,94,98,114)(H3,84,95,99,115)/t29-,30-,31-,32-,33-,34-,35-,36-,37+,38+,39+,40+,41+,42+,43+,44+,48+,49+,50+,51+,52+,53+,54+,55+/m0/s1/i14D/t14-,29-,30-,31-,32-,33-,34-,35-,36-,37+,38+,39+,40+,41+,42+,43+,44+,48+,49+,50+,51+,52+,53+,54+,55+. The maximum Gasteiger partial charge on any atom is 0.472 e. The van der Waals surface area contributed by atoms with Crippen LogP contribution in [0.5, 0.6) is 0 Å². The van der Waals surface area contributed by atoms with E-state index in [1.54, 1.807) is 22.6 Å². The second kappa shape index (κ2) is 39.4. The number of phosphoric ester groups is 2. The molecule has 0 amide bonds. The number of anilines is 7. The van der Waals surface area contributed by atoms with E-state index in [9.17, 15) is 73.7 Å². The van der Waals surface area contributed by atoms with Gasteiger partial charge in [0.15, 0.2) is 44.7 Å². The minimum Gasteiger partial charge on any atom is -0.394 e. The molecule has 20 heterocycles. The average molecular weight is 2140 g/mol. The van der Waals surface area contributed by atoms with Gasteiger partial charge < -0.3 is 122 Å². The molecule has 0 aromatic carbocycles. The van der Waals surface area contributed by atoms with E-state index in [-0.39, 0.29) is 142 Å². The van der Waals surface area contributed by atoms with E-state index in [2.05, 4.69) is 79.7 Å². The summed E-state index contributed by atoms with van der Waals surface area (Å²) >= 11 is 1.69. The number of nitrogen functional groups attached to an aromatic ring is 7. The van der Waals surface area contributed by atoms with Crippen LogP contribution in [0.1, 0.15) is 103 Å². The van der Waals surface area contributed by atoms with Crippen LogP contribution < -0.4 is 90.7 Å². The maximum absolute atomic E-state index is 15.0. The molecule has 142 heavy (non-hydrogen) atoms. The minimum atomic E-state index is -5.73. The number of rotatable bonds is 34. The molecular weight excluding hydrogens is 2050 g/mol. The normalized spacial score (nSPS) is 30.4. The van der Waals surface area contributed by atoms with Gasteiger partial charge in [0, 0.05) is 77.5 Å². The molecule has 0 aliphatic carbocycles. The number of aromatic nitrogens is 24. The van der Waals surface area contributed by atoms with E-state index >= 15 is 0 Å². The lowest BCUT2D eigenvalue weighted by Crippen LogP contribution is -2.38. The molecule has 20 rings (SSSR count). The number of aromatic amines is 5. The zero-order chi connectivity index (χ0) is 100. The van der Waals surface area contributed by atoms with Gasteiger partial charge in [0.2, 0.25) is 23.8 Å². The highest BCUT2D eigenvalue weighted by Crippen LogP contribution is 2.53. The predicted octanol–water partition coefficient (Wildman–Crippen LogP) is -4.90. The number of nitrogens with zero attached hydrogens (tertiary/aromatic N) is 19. The van der Waals surface area contributed by atoms with Crippen molar-refractivity contribution in [2.24, 2.45) is 0 Å². The molecule has 12 aromatic heterocycles. The number of ether oxygens (including phenoxy) is 13. The van der Waals surface area contributed by atoms with Gasteiger partial charge in [0.1, 0.15) is 128 Å². The first-order chi connectivity index (χ1) is 68.5. The summed E-state index contributed by atoms with van der Waals surface area (Å²) in [5.74, 6) is -1.43. The highest BCUT2D eigenvalue weighted by Gasteiger charge is 2.52. The largest absolute Gasteiger partial charge is 0.472 e. The predicted molar refractivity (Wildman–Crippen MR) is 484 cm³/mol. The van der Waals surface area contributed by atoms with Gasteiger partial charge in [-0.25, -0.2) is 48.2 Å². The fraction of sp³-hybridized carbons (Fsp3) is 0.526. The Kier molecular flexibility index (Phi) is 26.6. The first-order valence-corrected chi connectivity index (χ1v) is 47.8. The smallest absolute Gasteiger partial charge is 0.394 e. The Balaban J connectivity index is 0.548. The molecule has 8 fully saturated rings. The van der Waals surface area contributed by atoms with E-state index in [4.69, 9.17) is 120 Å². The summed E-state index contributed by atoms with van der Waals surface area (Å²) in [6, 6.07) is 4.05. The molecule has 0 radical (unpaired) electrons. The number of phosphoric acid groups is 2. The van der Waals surface area contributed by atoms with Crippen LogP contribution in [0, 0.1) is 3.57 Å². The number of imidazole rings is 4. The third-order valence-corrected chi connectivity index (χ3v) is 27.7. The molecule has 23 N–H and O–H groups in total. The van der Waals surface area contributed by atoms with Gasteiger partial charge in [-0.3, -0.25) is 104 Å². The summed E-state index contributed by atoms with van der Waals surface area (Å²) in [5, 5.41) is 22.0. The molecule has 8 saturated heterocycles. The van der Waals surface area contributed by atoms with Gasteiger partial charge >= 0.3 is 38.4 Å². The number of aliphatic hydroxyl groups excluding tert-OH is 2. The van der Waals surface area contributed by atoms with E-state index in [0.29, 0.717) is 0 Å². The van der Waals surface area contributed by atoms with Gasteiger partial charge in [0.25, 0.3) is 27.8 Å². The Morgan fingerprint density at radius 2 is 0.662 bits per heavy atom. The van der Waals surface area contributed by atoms with Gasteiger partial charge in [-0.15, -0.1) is 0 Å². The lowest BCUT2D eigenvalue weighted by molar-refractivity contribution is -0.133. The molecule has 758 valence electrons. The number of aliphatic hydroxyl groups is 2. The Labute approximate surface area is 804 Å². The Morgan fingerprint density at radius 1 is 0.373 bits per heavy atom. The second-order valence-corrected chi connectivity index (χ2v) is 38.0. The first-order valence-electron chi connectivity index (χ1n) is 44.3. The Hall–Kier alpha value is -12.3. The lowest BCUT2D eigenvalue weighted by atomic mass is 10.1. The van der Waals surface area contributed by atoms with Gasteiger partial charge in [-0.05, 0) is 40.8 Å². The number of nitrogens with two attached hydrogens (primary N) is 7. The molecular formula is C76H90IN31O32P2.